The molecule has 0 heterocycles. The Labute approximate surface area is 157 Å². The van der Waals surface area contributed by atoms with Crippen LogP contribution < -0.4 is 0 Å². The van der Waals surface area contributed by atoms with Gasteiger partial charge in [-0.1, -0.05) is 77.9 Å². The van der Waals surface area contributed by atoms with Crippen molar-refractivity contribution in [3.8, 4) is 11.1 Å². The summed E-state index contributed by atoms with van der Waals surface area (Å²) < 4.78 is 5.42. The molecule has 0 spiro atoms. The van der Waals surface area contributed by atoms with Crippen LogP contribution in [0.2, 0.25) is 0 Å². The van der Waals surface area contributed by atoms with Gasteiger partial charge in [-0.25, -0.2) is 0 Å². The average Bonchev–Trinajstić information content (AvgIpc) is 2.83. The molecular weight excluding hydrogens is 320 g/mol. The fourth-order valence-electron chi connectivity index (χ4n) is 3.67. The van der Waals surface area contributed by atoms with Gasteiger partial charge in [-0.15, -0.1) is 0 Å². The van der Waals surface area contributed by atoms with E-state index in [1.54, 1.807) is 0 Å². The third kappa shape index (κ3) is 3.42. The topological polar surface area (TPSA) is 26.3 Å². The lowest BCUT2D eigenvalue weighted by Gasteiger charge is -2.21. The molecule has 2 nitrogen and oxygen atoms in total. The van der Waals surface area contributed by atoms with Gasteiger partial charge in [0.15, 0.2) is 0 Å². The molecule has 0 bridgehead atoms. The van der Waals surface area contributed by atoms with Crippen molar-refractivity contribution in [2.24, 2.45) is 0 Å². The first kappa shape index (κ1) is 18.7. The molecule has 0 fully saturated rings. The van der Waals surface area contributed by atoms with Gasteiger partial charge in [0, 0.05) is 12.8 Å². The third-order valence-corrected chi connectivity index (χ3v) is 5.33. The van der Waals surface area contributed by atoms with Gasteiger partial charge in [0.25, 0.3) is 0 Å². The van der Waals surface area contributed by atoms with Crippen LogP contribution >= 0.6 is 0 Å². The summed E-state index contributed by atoms with van der Waals surface area (Å²) in [5, 5.41) is 0. The highest BCUT2D eigenvalue weighted by molar-refractivity contribution is 5.80. The van der Waals surface area contributed by atoms with E-state index in [1.807, 2.05) is 0 Å². The van der Waals surface area contributed by atoms with Crippen molar-refractivity contribution in [3.05, 3.63) is 58.7 Å². The smallest absolute Gasteiger partial charge is 0.302 e. The Morgan fingerprint density at radius 1 is 0.846 bits per heavy atom. The number of carbonyl (C=O) groups excluding carboxylic acids is 1. The summed E-state index contributed by atoms with van der Waals surface area (Å²) in [6, 6.07) is 13.5. The standard InChI is InChI=1S/C24H30O2/c1-15(25)26-14-22-19-11-9-16(23(2,3)4)12-20(19)18-10-8-17(13-21(18)22)24(5,6)7/h8-13,22H,14H2,1-7H3. The average molecular weight is 351 g/mol. The fraction of sp³-hybridized carbons (Fsp3) is 0.458. The molecule has 138 valence electrons. The van der Waals surface area contributed by atoms with Gasteiger partial charge >= 0.3 is 5.97 Å². The lowest BCUT2D eigenvalue weighted by atomic mass is 9.84. The Balaban J connectivity index is 2.15. The highest BCUT2D eigenvalue weighted by Gasteiger charge is 2.32. The molecular formula is C24H30O2. The zero-order chi connectivity index (χ0) is 19.3. The Hall–Kier alpha value is -2.09. The van der Waals surface area contributed by atoms with Gasteiger partial charge in [0.2, 0.25) is 0 Å². The maximum Gasteiger partial charge on any atom is 0.302 e. The monoisotopic (exact) mass is 350 g/mol. The Bertz CT molecular complexity index is 847. The summed E-state index contributed by atoms with van der Waals surface area (Å²) in [5.74, 6) is -0.112. The summed E-state index contributed by atoms with van der Waals surface area (Å²) in [6.45, 7) is 15.3. The van der Waals surface area contributed by atoms with Crippen LogP contribution in [0.1, 0.15) is 76.6 Å². The molecule has 2 heteroatoms. The molecule has 2 aromatic carbocycles. The highest BCUT2D eigenvalue weighted by atomic mass is 16.5. The minimum absolute atomic E-state index is 0.0896. The normalized spacial score (nSPS) is 16.2. The molecule has 1 atom stereocenters. The summed E-state index contributed by atoms with van der Waals surface area (Å²) >= 11 is 0. The predicted octanol–water partition coefficient (Wildman–Crippen LogP) is 5.96. The molecule has 0 saturated heterocycles. The minimum atomic E-state index is -0.224. The quantitative estimate of drug-likeness (QED) is 0.625. The molecule has 0 radical (unpaired) electrons. The number of carbonyl (C=O) groups is 1. The van der Waals surface area contributed by atoms with Crippen molar-refractivity contribution in [2.45, 2.75) is 65.2 Å². The van der Waals surface area contributed by atoms with Crippen LogP contribution in [-0.2, 0) is 20.4 Å². The molecule has 3 rings (SSSR count). The number of hydrogen-bond acceptors (Lipinski definition) is 2. The first-order chi connectivity index (χ1) is 12.0. The van der Waals surface area contributed by atoms with E-state index < -0.39 is 0 Å². The summed E-state index contributed by atoms with van der Waals surface area (Å²) in [5.41, 5.74) is 7.94. The second-order valence-corrected chi connectivity index (χ2v) is 9.46. The maximum absolute atomic E-state index is 11.4. The van der Waals surface area contributed by atoms with E-state index in [2.05, 4.69) is 77.9 Å². The van der Waals surface area contributed by atoms with Crippen LogP contribution in [0.5, 0.6) is 0 Å². The second kappa shape index (κ2) is 6.26. The van der Waals surface area contributed by atoms with Crippen molar-refractivity contribution < 1.29 is 9.53 Å². The molecule has 0 aliphatic heterocycles. The molecule has 0 amide bonds. The van der Waals surface area contributed by atoms with E-state index in [1.165, 1.54) is 40.3 Å². The lowest BCUT2D eigenvalue weighted by Crippen LogP contribution is -2.14. The van der Waals surface area contributed by atoms with Crippen LogP contribution in [0.15, 0.2) is 36.4 Å². The number of esters is 1. The first-order valence-corrected chi connectivity index (χ1v) is 9.41. The van der Waals surface area contributed by atoms with Crippen LogP contribution in [0.3, 0.4) is 0 Å². The number of rotatable bonds is 2. The van der Waals surface area contributed by atoms with E-state index in [4.69, 9.17) is 4.74 Å². The molecule has 0 aromatic heterocycles. The van der Waals surface area contributed by atoms with Crippen LogP contribution in [0.25, 0.3) is 11.1 Å². The Morgan fingerprint density at radius 2 is 1.42 bits per heavy atom. The lowest BCUT2D eigenvalue weighted by molar-refractivity contribution is -0.141. The molecule has 26 heavy (non-hydrogen) atoms. The van der Waals surface area contributed by atoms with Crippen molar-refractivity contribution in [3.63, 3.8) is 0 Å². The van der Waals surface area contributed by atoms with Crippen LogP contribution in [0.4, 0.5) is 0 Å². The van der Waals surface area contributed by atoms with Gasteiger partial charge in [-0.3, -0.25) is 4.79 Å². The van der Waals surface area contributed by atoms with E-state index in [0.717, 1.165) is 0 Å². The largest absolute Gasteiger partial charge is 0.465 e. The first-order valence-electron chi connectivity index (χ1n) is 9.41. The molecule has 0 saturated carbocycles. The van der Waals surface area contributed by atoms with E-state index in [0.29, 0.717) is 6.61 Å². The summed E-state index contributed by atoms with van der Waals surface area (Å²) in [7, 11) is 0. The molecule has 1 aliphatic carbocycles. The van der Waals surface area contributed by atoms with E-state index in [-0.39, 0.29) is 22.7 Å². The van der Waals surface area contributed by atoms with Crippen LogP contribution in [0, 0.1) is 0 Å². The van der Waals surface area contributed by atoms with Gasteiger partial charge in [0.05, 0.1) is 0 Å². The summed E-state index contributed by atoms with van der Waals surface area (Å²) in [6.07, 6.45) is 0. The fourth-order valence-corrected chi connectivity index (χ4v) is 3.67. The number of fused-ring (bicyclic) bond motifs is 3. The molecule has 1 aliphatic rings. The Kier molecular flexibility index (Phi) is 4.50. The van der Waals surface area contributed by atoms with Crippen molar-refractivity contribution in [1.82, 2.24) is 0 Å². The summed E-state index contributed by atoms with van der Waals surface area (Å²) in [4.78, 5) is 11.4. The zero-order valence-corrected chi connectivity index (χ0v) is 17.1. The van der Waals surface area contributed by atoms with E-state index >= 15 is 0 Å². The molecule has 2 aromatic rings. The Morgan fingerprint density at radius 3 is 2.00 bits per heavy atom. The number of hydrogen-bond donors (Lipinski definition) is 0. The number of benzene rings is 2. The molecule has 0 N–H and O–H groups in total. The molecule has 1 unspecified atom stereocenters. The zero-order valence-electron chi connectivity index (χ0n) is 17.1. The SMILES string of the molecule is CC(=O)OCC1c2ccc(C(C)(C)C)cc2-c2ccc(C(C)(C)C)cc21. The maximum atomic E-state index is 11.4. The van der Waals surface area contributed by atoms with Crippen molar-refractivity contribution in [2.75, 3.05) is 6.61 Å². The van der Waals surface area contributed by atoms with Gasteiger partial charge in [0.1, 0.15) is 6.61 Å². The predicted molar refractivity (Wildman–Crippen MR) is 108 cm³/mol. The highest BCUT2D eigenvalue weighted by Crippen LogP contribution is 2.47. The van der Waals surface area contributed by atoms with Crippen molar-refractivity contribution >= 4 is 5.97 Å². The number of ether oxygens (including phenoxy) is 1. The second-order valence-electron chi connectivity index (χ2n) is 9.46. The van der Waals surface area contributed by atoms with Gasteiger partial charge < -0.3 is 4.74 Å². The third-order valence-electron chi connectivity index (χ3n) is 5.33. The van der Waals surface area contributed by atoms with Crippen LogP contribution in [-0.4, -0.2) is 12.6 Å². The minimum Gasteiger partial charge on any atom is -0.465 e. The van der Waals surface area contributed by atoms with Gasteiger partial charge in [-0.2, -0.15) is 0 Å². The van der Waals surface area contributed by atoms with Crippen molar-refractivity contribution in [1.29, 1.82) is 0 Å². The van der Waals surface area contributed by atoms with E-state index in [9.17, 15) is 4.79 Å². The van der Waals surface area contributed by atoms with Gasteiger partial charge in [-0.05, 0) is 44.2 Å².